The molecule has 0 aliphatic carbocycles. The van der Waals surface area contributed by atoms with Crippen LogP contribution in [0.5, 0.6) is 0 Å². The van der Waals surface area contributed by atoms with E-state index in [-0.39, 0.29) is 11.7 Å². The lowest BCUT2D eigenvalue weighted by atomic mass is 10.2. The second kappa shape index (κ2) is 5.31. The van der Waals surface area contributed by atoms with Crippen molar-refractivity contribution >= 4 is 28.5 Å². The predicted octanol–water partition coefficient (Wildman–Crippen LogP) is 2.33. The first-order valence-electron chi connectivity index (χ1n) is 4.75. The number of benzene rings is 1. The van der Waals surface area contributed by atoms with Gasteiger partial charge in [-0.3, -0.25) is 10.1 Å². The molecule has 0 saturated heterocycles. The third-order valence-electron chi connectivity index (χ3n) is 1.89. The van der Waals surface area contributed by atoms with E-state index >= 15 is 0 Å². The Labute approximate surface area is 101 Å². The van der Waals surface area contributed by atoms with Gasteiger partial charge in [0.25, 0.3) is 0 Å². The Morgan fingerprint density at radius 3 is 2.76 bits per heavy atom. The van der Waals surface area contributed by atoms with Gasteiger partial charge in [0.15, 0.2) is 0 Å². The van der Waals surface area contributed by atoms with E-state index in [2.05, 4.69) is 15.5 Å². The molecule has 0 spiro atoms. The fraction of sp³-hybridized carbons (Fsp3) is 0. The molecule has 1 heterocycles. The van der Waals surface area contributed by atoms with Gasteiger partial charge in [-0.1, -0.05) is 23.5 Å². The molecule has 0 unspecified atom stereocenters. The summed E-state index contributed by atoms with van der Waals surface area (Å²) in [5.74, 6) is -0.605. The molecule has 1 aromatic carbocycles. The Morgan fingerprint density at radius 1 is 1.35 bits per heavy atom. The molecule has 0 saturated carbocycles. The molecule has 2 rings (SSSR count). The smallest absolute Gasteiger partial charge is 0.250 e. The van der Waals surface area contributed by atoms with Crippen molar-refractivity contribution in [2.45, 2.75) is 0 Å². The molecule has 1 amide bonds. The molecule has 2 aromatic rings. The topological polar surface area (TPSA) is 54.9 Å². The van der Waals surface area contributed by atoms with Crippen LogP contribution in [0.3, 0.4) is 0 Å². The van der Waals surface area contributed by atoms with Crippen molar-refractivity contribution in [1.82, 2.24) is 10.2 Å². The molecule has 0 bridgehead atoms. The highest BCUT2D eigenvalue weighted by molar-refractivity contribution is 7.13. The van der Waals surface area contributed by atoms with Crippen LogP contribution in [0.1, 0.15) is 5.56 Å². The zero-order valence-electron chi connectivity index (χ0n) is 8.63. The monoisotopic (exact) mass is 249 g/mol. The Bertz CT molecular complexity index is 522. The number of nitrogens with one attached hydrogen (secondary N) is 1. The van der Waals surface area contributed by atoms with Crippen LogP contribution in [0.15, 0.2) is 35.9 Å². The minimum absolute atomic E-state index is 0.300. The van der Waals surface area contributed by atoms with Gasteiger partial charge in [0.1, 0.15) is 11.3 Å². The van der Waals surface area contributed by atoms with Crippen LogP contribution >= 0.6 is 11.3 Å². The van der Waals surface area contributed by atoms with Gasteiger partial charge in [0, 0.05) is 6.08 Å². The Morgan fingerprint density at radius 2 is 2.12 bits per heavy atom. The minimum Gasteiger partial charge on any atom is -0.297 e. The van der Waals surface area contributed by atoms with Crippen molar-refractivity contribution in [2.75, 3.05) is 5.32 Å². The summed E-state index contributed by atoms with van der Waals surface area (Å²) >= 11 is 1.24. The molecule has 6 heteroatoms. The van der Waals surface area contributed by atoms with Crippen LogP contribution < -0.4 is 5.32 Å². The summed E-state index contributed by atoms with van der Waals surface area (Å²) in [4.78, 5) is 11.4. The molecular weight excluding hydrogens is 241 g/mol. The van der Waals surface area contributed by atoms with Crippen LogP contribution in [0.2, 0.25) is 0 Å². The molecule has 0 atom stereocenters. The minimum atomic E-state index is -0.305. The SMILES string of the molecule is O=C(/C=C/c1ccc(F)cc1)Nc1nncs1. The van der Waals surface area contributed by atoms with E-state index in [1.165, 1.54) is 35.1 Å². The number of halogens is 1. The third kappa shape index (κ3) is 3.46. The van der Waals surface area contributed by atoms with E-state index in [1.54, 1.807) is 18.2 Å². The highest BCUT2D eigenvalue weighted by Crippen LogP contribution is 2.08. The Balaban J connectivity index is 1.96. The third-order valence-corrected chi connectivity index (χ3v) is 2.49. The first kappa shape index (κ1) is 11.4. The molecule has 1 aromatic heterocycles. The maximum absolute atomic E-state index is 12.6. The average Bonchev–Trinajstić information content (AvgIpc) is 2.81. The van der Waals surface area contributed by atoms with Gasteiger partial charge < -0.3 is 0 Å². The highest BCUT2D eigenvalue weighted by Gasteiger charge is 1.99. The van der Waals surface area contributed by atoms with Gasteiger partial charge in [-0.25, -0.2) is 4.39 Å². The lowest BCUT2D eigenvalue weighted by Gasteiger charge is -1.95. The van der Waals surface area contributed by atoms with Crippen molar-refractivity contribution in [2.24, 2.45) is 0 Å². The summed E-state index contributed by atoms with van der Waals surface area (Å²) in [6, 6.07) is 5.85. The Kier molecular flexibility index (Phi) is 3.56. The summed E-state index contributed by atoms with van der Waals surface area (Å²) in [6.45, 7) is 0. The van der Waals surface area contributed by atoms with Crippen LogP contribution in [-0.4, -0.2) is 16.1 Å². The zero-order chi connectivity index (χ0) is 12.1. The quantitative estimate of drug-likeness (QED) is 0.849. The maximum Gasteiger partial charge on any atom is 0.250 e. The van der Waals surface area contributed by atoms with Crippen molar-refractivity contribution in [3.63, 3.8) is 0 Å². The molecule has 17 heavy (non-hydrogen) atoms. The molecule has 1 N–H and O–H groups in total. The number of nitrogens with zero attached hydrogens (tertiary/aromatic N) is 2. The standard InChI is InChI=1S/C11H8FN3OS/c12-9-4-1-8(2-5-9)3-6-10(16)14-11-15-13-7-17-11/h1-7H,(H,14,15,16)/b6-3+. The maximum atomic E-state index is 12.6. The number of hydrogen-bond acceptors (Lipinski definition) is 4. The van der Waals surface area contributed by atoms with Gasteiger partial charge in [-0.15, -0.1) is 10.2 Å². The van der Waals surface area contributed by atoms with Crippen LogP contribution in [0.25, 0.3) is 6.08 Å². The molecular formula is C11H8FN3OS. The number of aromatic nitrogens is 2. The molecule has 0 aliphatic heterocycles. The fourth-order valence-corrected chi connectivity index (χ4v) is 1.57. The molecule has 86 valence electrons. The van der Waals surface area contributed by atoms with Gasteiger partial charge in [0.2, 0.25) is 11.0 Å². The summed E-state index contributed by atoms with van der Waals surface area (Å²) in [5, 5.41) is 10.3. The van der Waals surface area contributed by atoms with Crippen molar-refractivity contribution in [1.29, 1.82) is 0 Å². The predicted molar refractivity (Wildman–Crippen MR) is 64.0 cm³/mol. The van der Waals surface area contributed by atoms with E-state index in [1.807, 2.05) is 0 Å². The van der Waals surface area contributed by atoms with Crippen molar-refractivity contribution in [3.8, 4) is 0 Å². The number of anilines is 1. The number of amides is 1. The van der Waals surface area contributed by atoms with E-state index in [4.69, 9.17) is 0 Å². The zero-order valence-corrected chi connectivity index (χ0v) is 9.45. The normalized spacial score (nSPS) is 10.6. The second-order valence-electron chi connectivity index (χ2n) is 3.12. The van der Waals surface area contributed by atoms with Crippen molar-refractivity contribution in [3.05, 3.63) is 47.2 Å². The van der Waals surface area contributed by atoms with Crippen molar-refractivity contribution < 1.29 is 9.18 Å². The largest absolute Gasteiger partial charge is 0.297 e. The fourth-order valence-electron chi connectivity index (χ4n) is 1.12. The average molecular weight is 249 g/mol. The van der Waals surface area contributed by atoms with Gasteiger partial charge in [0.05, 0.1) is 0 Å². The first-order chi connectivity index (χ1) is 8.24. The lowest BCUT2D eigenvalue weighted by molar-refractivity contribution is -0.111. The van der Waals surface area contributed by atoms with Crippen LogP contribution in [-0.2, 0) is 4.79 Å². The van der Waals surface area contributed by atoms with Gasteiger partial charge in [-0.2, -0.15) is 0 Å². The number of rotatable bonds is 3. The van der Waals surface area contributed by atoms with E-state index in [0.29, 0.717) is 5.13 Å². The lowest BCUT2D eigenvalue weighted by Crippen LogP contribution is -2.07. The van der Waals surface area contributed by atoms with Crippen LogP contribution in [0.4, 0.5) is 9.52 Å². The molecule has 0 fully saturated rings. The number of hydrogen-bond donors (Lipinski definition) is 1. The molecule has 0 radical (unpaired) electrons. The van der Waals surface area contributed by atoms with Gasteiger partial charge in [-0.05, 0) is 23.8 Å². The summed E-state index contributed by atoms with van der Waals surface area (Å²) in [7, 11) is 0. The summed E-state index contributed by atoms with van der Waals surface area (Å²) < 4.78 is 12.6. The Hall–Kier alpha value is -2.08. The van der Waals surface area contributed by atoms with E-state index < -0.39 is 0 Å². The van der Waals surface area contributed by atoms with Crippen LogP contribution in [0, 0.1) is 5.82 Å². The summed E-state index contributed by atoms with van der Waals surface area (Å²) in [6.07, 6.45) is 2.95. The highest BCUT2D eigenvalue weighted by atomic mass is 32.1. The second-order valence-corrected chi connectivity index (χ2v) is 3.95. The molecule has 0 aliphatic rings. The van der Waals surface area contributed by atoms with Gasteiger partial charge >= 0.3 is 0 Å². The first-order valence-corrected chi connectivity index (χ1v) is 5.63. The number of carbonyl (C=O) groups is 1. The molecule has 4 nitrogen and oxygen atoms in total. The summed E-state index contributed by atoms with van der Waals surface area (Å²) in [5.41, 5.74) is 2.28. The van der Waals surface area contributed by atoms with E-state index in [0.717, 1.165) is 5.56 Å². The number of carbonyl (C=O) groups excluding carboxylic acids is 1. The van der Waals surface area contributed by atoms with E-state index in [9.17, 15) is 9.18 Å².